The van der Waals surface area contributed by atoms with Gasteiger partial charge in [-0.2, -0.15) is 5.26 Å². The van der Waals surface area contributed by atoms with Gasteiger partial charge in [0.05, 0.1) is 5.54 Å². The van der Waals surface area contributed by atoms with Gasteiger partial charge in [0.25, 0.3) is 0 Å². The fourth-order valence-electron chi connectivity index (χ4n) is 0.727. The molecule has 72 valence electrons. The smallest absolute Gasteiger partial charge is 0.186 e. The maximum Gasteiger partial charge on any atom is 0.186 e. The van der Waals surface area contributed by atoms with Crippen molar-refractivity contribution in [2.45, 2.75) is 19.4 Å². The summed E-state index contributed by atoms with van der Waals surface area (Å²) < 4.78 is 0. The monoisotopic (exact) mass is 225 g/mol. The van der Waals surface area contributed by atoms with Gasteiger partial charge in [-0.1, -0.05) is 28.9 Å². The molecule has 0 amide bonds. The number of rotatable bonds is 2. The fraction of sp³-hybridized carbons (Fsp3) is 0.333. The van der Waals surface area contributed by atoms with Crippen molar-refractivity contribution in [1.82, 2.24) is 4.98 Å². The molecule has 0 radical (unpaired) electrons. The number of hydrogen-bond acceptors (Lipinski definition) is 4. The van der Waals surface area contributed by atoms with Gasteiger partial charge >= 0.3 is 0 Å². The van der Waals surface area contributed by atoms with Crippen molar-refractivity contribution in [2.75, 3.05) is 5.32 Å². The number of nitrogens with zero attached hydrogens (tertiary/aromatic N) is 2. The molecule has 0 aliphatic heterocycles. The summed E-state index contributed by atoms with van der Waals surface area (Å²) in [7, 11) is 0. The molecule has 1 aromatic rings. The predicted molar refractivity (Wildman–Crippen MR) is 58.4 cm³/mol. The van der Waals surface area contributed by atoms with E-state index in [1.165, 1.54) is 11.3 Å². The Bertz CT molecular complexity index is 422. The van der Waals surface area contributed by atoms with E-state index in [0.29, 0.717) is 10.0 Å². The molecule has 0 fully saturated rings. The second kappa shape index (κ2) is 3.88. The Morgan fingerprint density at radius 2 is 2.29 bits per heavy atom. The van der Waals surface area contributed by atoms with Gasteiger partial charge in [-0.25, -0.2) is 4.98 Å². The molecule has 1 rings (SSSR count). The van der Waals surface area contributed by atoms with Crippen LogP contribution in [-0.2, 0) is 0 Å². The Kier molecular flexibility index (Phi) is 3.00. The molecule has 3 nitrogen and oxygen atoms in total. The summed E-state index contributed by atoms with van der Waals surface area (Å²) in [5.74, 6) is 2.57. The van der Waals surface area contributed by atoms with Gasteiger partial charge < -0.3 is 5.32 Å². The Morgan fingerprint density at radius 1 is 1.64 bits per heavy atom. The minimum atomic E-state index is -0.492. The van der Waals surface area contributed by atoms with Gasteiger partial charge in [-0.3, -0.25) is 0 Å². The number of nitriles is 1. The first-order chi connectivity index (χ1) is 6.48. The number of anilines is 1. The zero-order valence-electron chi connectivity index (χ0n) is 7.76. The molecule has 1 heterocycles. The average Bonchev–Trinajstić information content (AvgIpc) is 2.45. The summed E-state index contributed by atoms with van der Waals surface area (Å²) in [6, 6.07) is 1.95. The lowest BCUT2D eigenvalue weighted by molar-refractivity contribution is 0.740. The summed E-state index contributed by atoms with van der Waals surface area (Å²) in [6.07, 6.45) is 5.30. The molecular weight excluding hydrogens is 218 g/mol. The van der Waals surface area contributed by atoms with E-state index in [0.717, 1.165) is 0 Å². The minimum Gasteiger partial charge on any atom is -0.346 e. The van der Waals surface area contributed by atoms with Crippen LogP contribution >= 0.6 is 22.9 Å². The first-order valence-corrected chi connectivity index (χ1v) is 5.00. The first-order valence-electron chi connectivity index (χ1n) is 3.81. The third-order valence-electron chi connectivity index (χ3n) is 1.47. The molecule has 1 N–H and O–H groups in total. The zero-order valence-corrected chi connectivity index (χ0v) is 9.33. The second-order valence-corrected chi connectivity index (χ2v) is 4.50. The fourth-order valence-corrected chi connectivity index (χ4v) is 1.83. The van der Waals surface area contributed by atoms with Crippen LogP contribution in [0.25, 0.3) is 0 Å². The number of aromatic nitrogens is 1. The summed E-state index contributed by atoms with van der Waals surface area (Å²) in [5, 5.41) is 12.4. The lowest BCUT2D eigenvalue weighted by Gasteiger charge is -2.18. The maximum absolute atomic E-state index is 8.66. The number of halogens is 1. The van der Waals surface area contributed by atoms with Gasteiger partial charge in [0.1, 0.15) is 10.9 Å². The van der Waals surface area contributed by atoms with Gasteiger partial charge in [0.15, 0.2) is 10.3 Å². The van der Waals surface area contributed by atoms with Crippen molar-refractivity contribution >= 4 is 28.1 Å². The molecule has 0 bridgehead atoms. The third kappa shape index (κ3) is 2.38. The summed E-state index contributed by atoms with van der Waals surface area (Å²) in [4.78, 5) is 4.36. The normalized spacial score (nSPS) is 10.4. The summed E-state index contributed by atoms with van der Waals surface area (Å²) in [5.41, 5.74) is -0.492. The molecule has 0 aromatic carbocycles. The topological polar surface area (TPSA) is 48.7 Å². The van der Waals surface area contributed by atoms with E-state index in [1.54, 1.807) is 0 Å². The number of nitrogens with one attached hydrogen (secondary N) is 1. The van der Waals surface area contributed by atoms with Crippen LogP contribution in [0.4, 0.5) is 5.13 Å². The Labute approximate surface area is 91.7 Å². The van der Waals surface area contributed by atoms with Crippen molar-refractivity contribution in [2.24, 2.45) is 0 Å². The molecule has 1 aromatic heterocycles. The van der Waals surface area contributed by atoms with Crippen molar-refractivity contribution < 1.29 is 0 Å². The van der Waals surface area contributed by atoms with Crippen LogP contribution in [0.5, 0.6) is 0 Å². The molecule has 0 saturated carbocycles. The molecule has 0 atom stereocenters. The van der Waals surface area contributed by atoms with Crippen LogP contribution in [0.1, 0.15) is 18.7 Å². The van der Waals surface area contributed by atoms with E-state index in [-0.39, 0.29) is 5.15 Å². The highest BCUT2D eigenvalue weighted by Gasteiger charge is 2.17. The minimum absolute atomic E-state index is 0.216. The molecule has 0 saturated heterocycles. The Morgan fingerprint density at radius 3 is 2.71 bits per heavy atom. The molecule has 0 aliphatic rings. The standard InChI is InChI=1S/C9H8ClN3S/c1-4-9(2,3)13-8-12-7(10)6(5-11)14-8/h1H,2-3H3,(H,12,13). The SMILES string of the molecule is C#CC(C)(C)Nc1nc(Cl)c(C#N)s1. The van der Waals surface area contributed by atoms with E-state index in [1.807, 2.05) is 19.9 Å². The molecule has 14 heavy (non-hydrogen) atoms. The highest BCUT2D eigenvalue weighted by Crippen LogP contribution is 2.27. The first kappa shape index (κ1) is 10.8. The van der Waals surface area contributed by atoms with Crippen molar-refractivity contribution in [3.63, 3.8) is 0 Å². The second-order valence-electron chi connectivity index (χ2n) is 3.15. The summed E-state index contributed by atoms with van der Waals surface area (Å²) in [6.45, 7) is 3.68. The lowest BCUT2D eigenvalue weighted by atomic mass is 10.1. The van der Waals surface area contributed by atoms with Gasteiger partial charge in [0.2, 0.25) is 0 Å². The van der Waals surface area contributed by atoms with E-state index < -0.39 is 5.54 Å². The molecule has 0 aliphatic carbocycles. The van der Waals surface area contributed by atoms with E-state index in [9.17, 15) is 0 Å². The van der Waals surface area contributed by atoms with Crippen molar-refractivity contribution in [1.29, 1.82) is 5.26 Å². The van der Waals surface area contributed by atoms with Crippen LogP contribution in [0.3, 0.4) is 0 Å². The number of thiazole rings is 1. The van der Waals surface area contributed by atoms with Crippen LogP contribution in [-0.4, -0.2) is 10.5 Å². The average molecular weight is 226 g/mol. The van der Waals surface area contributed by atoms with Gasteiger partial charge in [-0.05, 0) is 13.8 Å². The Balaban J connectivity index is 2.91. The predicted octanol–water partition coefficient (Wildman–Crippen LogP) is 2.49. The highest BCUT2D eigenvalue weighted by atomic mass is 35.5. The van der Waals surface area contributed by atoms with Crippen LogP contribution in [0.15, 0.2) is 0 Å². The lowest BCUT2D eigenvalue weighted by Crippen LogP contribution is -2.28. The van der Waals surface area contributed by atoms with Crippen LogP contribution in [0.2, 0.25) is 5.15 Å². The zero-order chi connectivity index (χ0) is 10.8. The van der Waals surface area contributed by atoms with Gasteiger partial charge in [-0.15, -0.1) is 6.42 Å². The van der Waals surface area contributed by atoms with Crippen LogP contribution in [0, 0.1) is 23.7 Å². The number of hydrogen-bond donors (Lipinski definition) is 1. The largest absolute Gasteiger partial charge is 0.346 e. The van der Waals surface area contributed by atoms with Crippen molar-refractivity contribution in [3.05, 3.63) is 10.0 Å². The van der Waals surface area contributed by atoms with E-state index in [2.05, 4.69) is 16.2 Å². The third-order valence-corrected chi connectivity index (χ3v) is 2.73. The Hall–Kier alpha value is -1.23. The van der Waals surface area contributed by atoms with E-state index >= 15 is 0 Å². The van der Waals surface area contributed by atoms with Crippen molar-refractivity contribution in [3.8, 4) is 18.4 Å². The highest BCUT2D eigenvalue weighted by molar-refractivity contribution is 7.16. The molecule has 0 spiro atoms. The van der Waals surface area contributed by atoms with E-state index in [4.69, 9.17) is 23.3 Å². The maximum atomic E-state index is 8.66. The van der Waals surface area contributed by atoms with Gasteiger partial charge in [0, 0.05) is 0 Å². The molecule has 5 heteroatoms. The summed E-state index contributed by atoms with van der Waals surface area (Å²) >= 11 is 6.89. The molecular formula is C9H8ClN3S. The number of terminal acetylenes is 1. The van der Waals surface area contributed by atoms with Crippen LogP contribution < -0.4 is 5.32 Å². The quantitative estimate of drug-likeness (QED) is 0.787. The molecule has 0 unspecified atom stereocenters.